The van der Waals surface area contributed by atoms with Crippen molar-refractivity contribution < 1.29 is 33.3 Å². The van der Waals surface area contributed by atoms with Crippen LogP contribution in [-0.2, 0) is 23.9 Å². The van der Waals surface area contributed by atoms with Crippen LogP contribution in [-0.4, -0.2) is 49.9 Å². The summed E-state index contributed by atoms with van der Waals surface area (Å²) in [6, 6.07) is 5.10. The van der Waals surface area contributed by atoms with Crippen LogP contribution >= 0.6 is 0 Å². The molecule has 2 heterocycles. The highest BCUT2D eigenvalue weighted by atomic mass is 16.6. The zero-order valence-corrected chi connectivity index (χ0v) is 19.2. The molecule has 0 N–H and O–H groups in total. The summed E-state index contributed by atoms with van der Waals surface area (Å²) < 4.78 is 21.9. The molecule has 0 spiro atoms. The van der Waals surface area contributed by atoms with Crippen molar-refractivity contribution in [3.05, 3.63) is 35.0 Å². The van der Waals surface area contributed by atoms with Gasteiger partial charge in [0.2, 0.25) is 0 Å². The monoisotopic (exact) mass is 455 g/mol. The molecule has 1 saturated heterocycles. The minimum atomic E-state index is -0.739. The van der Waals surface area contributed by atoms with Gasteiger partial charge in [0.15, 0.2) is 17.3 Å². The molecule has 0 saturated carbocycles. The van der Waals surface area contributed by atoms with E-state index in [-0.39, 0.29) is 24.2 Å². The second-order valence-corrected chi connectivity index (χ2v) is 8.61. The van der Waals surface area contributed by atoms with Gasteiger partial charge in [-0.25, -0.2) is 0 Å². The fourth-order valence-electron chi connectivity index (χ4n) is 4.83. The van der Waals surface area contributed by atoms with E-state index in [1.807, 2.05) is 0 Å². The second kappa shape index (κ2) is 9.87. The predicted octanol–water partition coefficient (Wildman–Crippen LogP) is 3.52. The van der Waals surface area contributed by atoms with E-state index in [1.165, 1.54) is 14.0 Å². The minimum absolute atomic E-state index is 0.00236. The Morgan fingerprint density at radius 2 is 2.00 bits per heavy atom. The largest absolute Gasteiger partial charge is 0.493 e. The number of Topliss-reactive ketones (excluding diaryl/α,β-unsaturated/α-hetero) is 1. The van der Waals surface area contributed by atoms with Crippen LogP contribution in [0.1, 0.15) is 57.4 Å². The van der Waals surface area contributed by atoms with Gasteiger partial charge in [0, 0.05) is 42.9 Å². The highest BCUT2D eigenvalue weighted by molar-refractivity contribution is 6.08. The number of aliphatic imine (C=N–C) groups is 1. The zero-order chi connectivity index (χ0) is 23.5. The molecule has 0 amide bonds. The number of esters is 2. The van der Waals surface area contributed by atoms with Gasteiger partial charge >= 0.3 is 11.9 Å². The first kappa shape index (κ1) is 23.2. The van der Waals surface area contributed by atoms with Crippen LogP contribution in [0.4, 0.5) is 0 Å². The third kappa shape index (κ3) is 4.85. The van der Waals surface area contributed by atoms with Gasteiger partial charge in [-0.1, -0.05) is 6.07 Å². The summed E-state index contributed by atoms with van der Waals surface area (Å²) in [6.07, 6.45) is 3.57. The van der Waals surface area contributed by atoms with Gasteiger partial charge in [0.1, 0.15) is 12.5 Å². The Morgan fingerprint density at radius 3 is 2.70 bits per heavy atom. The summed E-state index contributed by atoms with van der Waals surface area (Å²) in [5.41, 5.74) is 2.63. The Balaban J connectivity index is 1.72. The van der Waals surface area contributed by atoms with Gasteiger partial charge in [-0.15, -0.1) is 0 Å². The number of hydrogen-bond acceptors (Lipinski definition) is 8. The van der Waals surface area contributed by atoms with E-state index >= 15 is 0 Å². The summed E-state index contributed by atoms with van der Waals surface area (Å²) in [7, 11) is 1.48. The second-order valence-electron chi connectivity index (χ2n) is 8.61. The van der Waals surface area contributed by atoms with Crippen LogP contribution < -0.4 is 9.47 Å². The lowest BCUT2D eigenvalue weighted by molar-refractivity contribution is -0.149. The number of hydrogen-bond donors (Lipinski definition) is 0. The number of carbonyl (C=O) groups is 3. The van der Waals surface area contributed by atoms with Gasteiger partial charge in [-0.3, -0.25) is 19.4 Å². The van der Waals surface area contributed by atoms with Crippen molar-refractivity contribution in [3.8, 4) is 11.5 Å². The zero-order valence-electron chi connectivity index (χ0n) is 19.2. The molecule has 8 nitrogen and oxygen atoms in total. The highest BCUT2D eigenvalue weighted by Crippen LogP contribution is 2.45. The van der Waals surface area contributed by atoms with Crippen LogP contribution in [0, 0.1) is 5.92 Å². The van der Waals surface area contributed by atoms with Crippen molar-refractivity contribution in [1.29, 1.82) is 0 Å². The number of allylic oxidation sites excluding steroid dienone is 2. The van der Waals surface area contributed by atoms with Gasteiger partial charge in [0.25, 0.3) is 0 Å². The normalized spacial score (nSPS) is 24.8. The van der Waals surface area contributed by atoms with Crippen LogP contribution in [0.15, 0.2) is 34.5 Å². The fourth-order valence-corrected chi connectivity index (χ4v) is 4.83. The molecule has 3 aliphatic rings. The molecule has 2 aliphatic heterocycles. The maximum atomic E-state index is 13.3. The third-order valence-corrected chi connectivity index (χ3v) is 6.32. The van der Waals surface area contributed by atoms with E-state index in [4.69, 9.17) is 18.9 Å². The third-order valence-electron chi connectivity index (χ3n) is 6.32. The smallest absolute Gasteiger partial charge is 0.315 e. The summed E-state index contributed by atoms with van der Waals surface area (Å²) in [6.45, 7) is 3.97. The van der Waals surface area contributed by atoms with Crippen LogP contribution in [0.25, 0.3) is 0 Å². The SMILES string of the molecule is COc1cc([C@H]2C3=C(CCCC3=O)N=C(C)C2C(=O)OC[C@H]2CCCO2)ccc1OC(C)=O. The number of carbonyl (C=O) groups excluding carboxylic acids is 3. The Labute approximate surface area is 192 Å². The van der Waals surface area contributed by atoms with Gasteiger partial charge in [-0.2, -0.15) is 0 Å². The first-order chi connectivity index (χ1) is 15.9. The highest BCUT2D eigenvalue weighted by Gasteiger charge is 2.43. The lowest BCUT2D eigenvalue weighted by Crippen LogP contribution is -2.38. The van der Waals surface area contributed by atoms with Crippen molar-refractivity contribution >= 4 is 23.4 Å². The van der Waals surface area contributed by atoms with Gasteiger partial charge in [-0.05, 0) is 50.3 Å². The average molecular weight is 456 g/mol. The number of ketones is 1. The molecule has 1 aromatic rings. The average Bonchev–Trinajstić information content (AvgIpc) is 3.30. The summed E-state index contributed by atoms with van der Waals surface area (Å²) >= 11 is 0. The van der Waals surface area contributed by atoms with Crippen molar-refractivity contribution in [1.82, 2.24) is 0 Å². The molecule has 1 unspecified atom stereocenters. The maximum Gasteiger partial charge on any atom is 0.315 e. The number of nitrogens with zero attached hydrogens (tertiary/aromatic N) is 1. The Kier molecular flexibility index (Phi) is 6.93. The predicted molar refractivity (Wildman–Crippen MR) is 119 cm³/mol. The van der Waals surface area contributed by atoms with Crippen molar-refractivity contribution in [3.63, 3.8) is 0 Å². The molecule has 0 aromatic heterocycles. The number of rotatable bonds is 6. The Morgan fingerprint density at radius 1 is 1.18 bits per heavy atom. The summed E-state index contributed by atoms with van der Waals surface area (Å²) in [5.74, 6) is -1.57. The van der Waals surface area contributed by atoms with Crippen LogP contribution in [0.2, 0.25) is 0 Å². The summed E-state index contributed by atoms with van der Waals surface area (Å²) in [4.78, 5) is 42.4. The number of methoxy groups -OCH3 is 1. The van der Waals surface area contributed by atoms with E-state index in [9.17, 15) is 14.4 Å². The Bertz CT molecular complexity index is 1020. The van der Waals surface area contributed by atoms with Crippen LogP contribution in [0.3, 0.4) is 0 Å². The van der Waals surface area contributed by atoms with Gasteiger partial charge < -0.3 is 18.9 Å². The lowest BCUT2D eigenvalue weighted by Gasteiger charge is -2.34. The fraction of sp³-hybridized carbons (Fsp3) is 0.520. The van der Waals surface area contributed by atoms with Crippen molar-refractivity contribution in [2.75, 3.05) is 20.3 Å². The standard InChI is InChI=1S/C25H29NO7/c1-14-22(25(29)32-13-17-6-5-11-31-17)23(24-18(26-14)7-4-8-19(24)28)16-9-10-20(33-15(2)27)21(12-16)30-3/h9-10,12,17,22-23H,4-8,11,13H2,1-3H3/t17-,22?,23-/m1/s1. The molecule has 0 bridgehead atoms. The topological polar surface area (TPSA) is 100 Å². The number of benzene rings is 1. The summed E-state index contributed by atoms with van der Waals surface area (Å²) in [5, 5.41) is 0. The molecular weight excluding hydrogens is 426 g/mol. The quantitative estimate of drug-likeness (QED) is 0.478. The molecule has 1 aromatic carbocycles. The van der Waals surface area contributed by atoms with E-state index in [2.05, 4.69) is 4.99 Å². The molecule has 0 radical (unpaired) electrons. The minimum Gasteiger partial charge on any atom is -0.493 e. The van der Waals surface area contributed by atoms with E-state index in [0.717, 1.165) is 25.0 Å². The van der Waals surface area contributed by atoms with Crippen LogP contribution in [0.5, 0.6) is 11.5 Å². The first-order valence-electron chi connectivity index (χ1n) is 11.3. The molecular formula is C25H29NO7. The van der Waals surface area contributed by atoms with Crippen molar-refractivity contribution in [2.24, 2.45) is 10.9 Å². The first-order valence-corrected chi connectivity index (χ1v) is 11.3. The molecule has 1 aliphatic carbocycles. The molecule has 8 heteroatoms. The molecule has 4 rings (SSSR count). The molecule has 176 valence electrons. The lowest BCUT2D eigenvalue weighted by atomic mass is 9.71. The van der Waals surface area contributed by atoms with E-state index in [1.54, 1.807) is 25.1 Å². The van der Waals surface area contributed by atoms with Gasteiger partial charge in [0.05, 0.1) is 13.2 Å². The molecule has 33 heavy (non-hydrogen) atoms. The number of ether oxygens (including phenoxy) is 4. The van der Waals surface area contributed by atoms with E-state index < -0.39 is 23.8 Å². The Hall–Kier alpha value is -3.00. The van der Waals surface area contributed by atoms with Crippen molar-refractivity contribution in [2.45, 2.75) is 58.0 Å². The molecule has 1 fully saturated rings. The molecule has 3 atom stereocenters. The van der Waals surface area contributed by atoms with E-state index in [0.29, 0.717) is 42.0 Å². The maximum absolute atomic E-state index is 13.3.